The molecule has 1 saturated heterocycles. The van der Waals surface area contributed by atoms with Gasteiger partial charge in [-0.1, -0.05) is 19.9 Å². The second-order valence-electron chi connectivity index (χ2n) is 6.82. The van der Waals surface area contributed by atoms with E-state index in [1.165, 1.54) is 0 Å². The zero-order chi connectivity index (χ0) is 17.5. The predicted molar refractivity (Wildman–Crippen MR) is 103 cm³/mol. The summed E-state index contributed by atoms with van der Waals surface area (Å²) in [6.07, 6.45) is 2.97. The molecule has 25 heavy (non-hydrogen) atoms. The van der Waals surface area contributed by atoms with Crippen LogP contribution in [-0.2, 0) is 4.79 Å². The third-order valence-corrected chi connectivity index (χ3v) is 4.38. The van der Waals surface area contributed by atoms with Gasteiger partial charge < -0.3 is 20.1 Å². The number of nitrogens with one attached hydrogen (secondary N) is 2. The summed E-state index contributed by atoms with van der Waals surface area (Å²) in [7, 11) is 1.64. The summed E-state index contributed by atoms with van der Waals surface area (Å²) in [4.78, 5) is 12.2. The van der Waals surface area contributed by atoms with Crippen LogP contribution in [0.2, 0.25) is 0 Å². The van der Waals surface area contributed by atoms with E-state index in [1.807, 2.05) is 25.1 Å². The molecule has 0 radical (unpaired) electrons. The lowest BCUT2D eigenvalue weighted by Crippen LogP contribution is -2.41. The fraction of sp³-hybridized carbons (Fsp3) is 0.632. The molecule has 2 unspecified atom stereocenters. The minimum Gasteiger partial charge on any atom is -0.493 e. The Balaban J connectivity index is 0.00000312. The molecule has 0 spiro atoms. The van der Waals surface area contributed by atoms with Crippen LogP contribution in [-0.4, -0.2) is 32.2 Å². The molecule has 1 fully saturated rings. The molecule has 1 aromatic carbocycles. The number of rotatable bonds is 8. The first-order valence-electron chi connectivity index (χ1n) is 8.85. The summed E-state index contributed by atoms with van der Waals surface area (Å²) in [5.41, 5.74) is 1.01. The van der Waals surface area contributed by atoms with Crippen molar-refractivity contribution in [3.05, 3.63) is 23.8 Å². The summed E-state index contributed by atoms with van der Waals surface area (Å²) in [5.74, 6) is 2.13. The third-order valence-electron chi connectivity index (χ3n) is 4.38. The summed E-state index contributed by atoms with van der Waals surface area (Å²) >= 11 is 0. The summed E-state index contributed by atoms with van der Waals surface area (Å²) in [6, 6.07) is 5.72. The zero-order valence-electron chi connectivity index (χ0n) is 15.6. The second kappa shape index (κ2) is 10.5. The molecule has 0 aliphatic carbocycles. The number of carbonyl (C=O) groups excluding carboxylic acids is 1. The minimum absolute atomic E-state index is 0. The Morgan fingerprint density at radius 3 is 2.68 bits per heavy atom. The molecule has 1 aliphatic rings. The van der Waals surface area contributed by atoms with Gasteiger partial charge in [0.05, 0.1) is 25.8 Å². The van der Waals surface area contributed by atoms with Crippen molar-refractivity contribution >= 4 is 18.3 Å². The molecule has 1 aromatic rings. The molecule has 0 bridgehead atoms. The molecule has 1 heterocycles. The fourth-order valence-corrected chi connectivity index (χ4v) is 2.78. The number of hydrogen-bond acceptors (Lipinski definition) is 4. The molecular weight excluding hydrogens is 340 g/mol. The second-order valence-corrected chi connectivity index (χ2v) is 6.82. The van der Waals surface area contributed by atoms with Crippen LogP contribution < -0.4 is 20.1 Å². The van der Waals surface area contributed by atoms with Crippen LogP contribution in [0.3, 0.4) is 0 Å². The lowest BCUT2D eigenvalue weighted by molar-refractivity contribution is -0.123. The maximum Gasteiger partial charge on any atom is 0.237 e. The van der Waals surface area contributed by atoms with Gasteiger partial charge in [-0.3, -0.25) is 4.79 Å². The smallest absolute Gasteiger partial charge is 0.237 e. The molecule has 142 valence electrons. The highest BCUT2D eigenvalue weighted by Gasteiger charge is 2.23. The van der Waals surface area contributed by atoms with Gasteiger partial charge in [0.2, 0.25) is 5.91 Å². The summed E-state index contributed by atoms with van der Waals surface area (Å²) < 4.78 is 11.3. The quantitative estimate of drug-likeness (QED) is 0.735. The molecule has 0 saturated carbocycles. The van der Waals surface area contributed by atoms with Gasteiger partial charge in [-0.25, -0.2) is 0 Å². The van der Waals surface area contributed by atoms with Crippen molar-refractivity contribution in [2.45, 2.75) is 52.1 Å². The Labute approximate surface area is 157 Å². The normalized spacial score (nSPS) is 17.7. The van der Waals surface area contributed by atoms with Gasteiger partial charge in [0.1, 0.15) is 0 Å². The van der Waals surface area contributed by atoms with Crippen molar-refractivity contribution in [2.24, 2.45) is 5.92 Å². The van der Waals surface area contributed by atoms with Gasteiger partial charge in [-0.15, -0.1) is 12.4 Å². The highest BCUT2D eigenvalue weighted by molar-refractivity contribution is 5.85. The minimum atomic E-state index is -0.0708. The molecular formula is C19H31ClN2O3. The summed E-state index contributed by atoms with van der Waals surface area (Å²) in [6.45, 7) is 7.93. The predicted octanol–water partition coefficient (Wildman–Crippen LogP) is 3.47. The first kappa shape index (κ1) is 21.6. The number of halogens is 1. The Morgan fingerprint density at radius 1 is 1.32 bits per heavy atom. The van der Waals surface area contributed by atoms with E-state index in [2.05, 4.69) is 24.5 Å². The lowest BCUT2D eigenvalue weighted by Gasteiger charge is -2.19. The van der Waals surface area contributed by atoms with Crippen LogP contribution in [0.15, 0.2) is 18.2 Å². The Kier molecular flexibility index (Phi) is 9.08. The molecule has 2 atom stereocenters. The van der Waals surface area contributed by atoms with Gasteiger partial charge in [0.15, 0.2) is 11.5 Å². The molecule has 6 heteroatoms. The van der Waals surface area contributed by atoms with Crippen molar-refractivity contribution in [1.29, 1.82) is 0 Å². The topological polar surface area (TPSA) is 59.6 Å². The van der Waals surface area contributed by atoms with E-state index < -0.39 is 0 Å². The fourth-order valence-electron chi connectivity index (χ4n) is 2.78. The van der Waals surface area contributed by atoms with Crippen LogP contribution >= 0.6 is 12.4 Å². The summed E-state index contributed by atoms with van der Waals surface area (Å²) in [5, 5.41) is 6.29. The number of methoxy groups -OCH3 is 1. The van der Waals surface area contributed by atoms with Gasteiger partial charge in [-0.2, -0.15) is 0 Å². The standard InChI is InChI=1S/C19H30N2O3.ClH/c1-13(2)9-11-24-17-8-7-15(12-18(17)23-4)14(3)21-19(22)16-6-5-10-20-16;/h7-8,12-14,16,20H,5-6,9-11H2,1-4H3,(H,21,22);1H. The van der Waals surface area contributed by atoms with Gasteiger partial charge in [0, 0.05) is 0 Å². The van der Waals surface area contributed by atoms with Crippen molar-refractivity contribution < 1.29 is 14.3 Å². The van der Waals surface area contributed by atoms with E-state index >= 15 is 0 Å². The average Bonchev–Trinajstić information content (AvgIpc) is 3.09. The third kappa shape index (κ3) is 6.40. The first-order chi connectivity index (χ1) is 11.5. The van der Waals surface area contributed by atoms with E-state index in [0.29, 0.717) is 18.3 Å². The Bertz CT molecular complexity index is 545. The molecule has 0 aromatic heterocycles. The SMILES string of the molecule is COc1cc(C(C)NC(=O)C2CCCN2)ccc1OCCC(C)C.Cl. The Morgan fingerprint density at radius 2 is 2.08 bits per heavy atom. The average molecular weight is 371 g/mol. The van der Waals surface area contributed by atoms with Crippen LogP contribution in [0.4, 0.5) is 0 Å². The highest BCUT2D eigenvalue weighted by Crippen LogP contribution is 2.30. The van der Waals surface area contributed by atoms with Crippen LogP contribution in [0.25, 0.3) is 0 Å². The number of hydrogen-bond donors (Lipinski definition) is 2. The number of benzene rings is 1. The van der Waals surface area contributed by atoms with Crippen LogP contribution in [0.5, 0.6) is 11.5 Å². The molecule has 1 aliphatic heterocycles. The van der Waals surface area contributed by atoms with E-state index in [1.54, 1.807) is 7.11 Å². The van der Waals surface area contributed by atoms with Crippen molar-refractivity contribution in [3.63, 3.8) is 0 Å². The maximum atomic E-state index is 12.2. The number of amides is 1. The molecule has 2 N–H and O–H groups in total. The van der Waals surface area contributed by atoms with E-state index in [0.717, 1.165) is 37.1 Å². The van der Waals surface area contributed by atoms with E-state index in [4.69, 9.17) is 9.47 Å². The molecule has 2 rings (SSSR count). The van der Waals surface area contributed by atoms with Gasteiger partial charge >= 0.3 is 0 Å². The van der Waals surface area contributed by atoms with E-state index in [9.17, 15) is 4.79 Å². The Hall–Kier alpha value is -1.46. The van der Waals surface area contributed by atoms with Gasteiger partial charge in [-0.05, 0) is 56.3 Å². The number of ether oxygens (including phenoxy) is 2. The van der Waals surface area contributed by atoms with Crippen molar-refractivity contribution in [2.75, 3.05) is 20.3 Å². The first-order valence-corrected chi connectivity index (χ1v) is 8.85. The largest absolute Gasteiger partial charge is 0.493 e. The number of carbonyl (C=O) groups is 1. The molecule has 5 nitrogen and oxygen atoms in total. The van der Waals surface area contributed by atoms with Crippen LogP contribution in [0.1, 0.15) is 51.6 Å². The lowest BCUT2D eigenvalue weighted by atomic mass is 10.1. The van der Waals surface area contributed by atoms with Crippen LogP contribution in [0, 0.1) is 5.92 Å². The zero-order valence-corrected chi connectivity index (χ0v) is 16.4. The van der Waals surface area contributed by atoms with Crippen molar-refractivity contribution in [1.82, 2.24) is 10.6 Å². The van der Waals surface area contributed by atoms with E-state index in [-0.39, 0.29) is 30.4 Å². The highest BCUT2D eigenvalue weighted by atomic mass is 35.5. The van der Waals surface area contributed by atoms with Gasteiger partial charge in [0.25, 0.3) is 0 Å². The monoisotopic (exact) mass is 370 g/mol. The molecule has 1 amide bonds. The van der Waals surface area contributed by atoms with Crippen molar-refractivity contribution in [3.8, 4) is 11.5 Å². The maximum absolute atomic E-state index is 12.2.